The second-order valence-corrected chi connectivity index (χ2v) is 7.21. The fourth-order valence-corrected chi connectivity index (χ4v) is 3.83. The summed E-state index contributed by atoms with van der Waals surface area (Å²) in [4.78, 5) is 26.3. The monoisotopic (exact) mass is 398 g/mol. The van der Waals surface area contributed by atoms with Gasteiger partial charge in [-0.05, 0) is 37.1 Å². The molecule has 2 heterocycles. The van der Waals surface area contributed by atoms with Crippen LogP contribution in [0.2, 0.25) is 0 Å². The molecular weight excluding hydrogens is 377 g/mol. The number of ether oxygens (including phenoxy) is 1. The predicted octanol–water partition coefficient (Wildman–Crippen LogP) is 3.15. The van der Waals surface area contributed by atoms with E-state index in [-0.39, 0.29) is 18.8 Å². The summed E-state index contributed by atoms with van der Waals surface area (Å²) in [5.41, 5.74) is -1.26. The minimum Gasteiger partial charge on any atom is -0.481 e. The van der Waals surface area contributed by atoms with Gasteiger partial charge in [-0.2, -0.15) is 13.2 Å². The van der Waals surface area contributed by atoms with Crippen LogP contribution >= 0.6 is 0 Å². The van der Waals surface area contributed by atoms with Crippen LogP contribution in [0.4, 0.5) is 13.2 Å². The van der Waals surface area contributed by atoms with Crippen LogP contribution in [0.25, 0.3) is 10.9 Å². The molecule has 1 aliphatic heterocycles. The zero-order valence-electron chi connectivity index (χ0n) is 15.5. The Kier molecular flexibility index (Phi) is 5.14. The van der Waals surface area contributed by atoms with Gasteiger partial charge in [0.1, 0.15) is 11.1 Å². The first-order valence-electron chi connectivity index (χ1n) is 8.77. The minimum absolute atomic E-state index is 0.00959. The van der Waals surface area contributed by atoms with Crippen LogP contribution in [0.3, 0.4) is 0 Å². The molecule has 0 saturated carbocycles. The lowest BCUT2D eigenvalue weighted by Gasteiger charge is -2.39. The number of hydrogen-bond donors (Lipinski definition) is 1. The maximum atomic E-state index is 13.0. The van der Waals surface area contributed by atoms with Crippen molar-refractivity contribution >= 4 is 22.8 Å². The van der Waals surface area contributed by atoms with Crippen molar-refractivity contribution in [2.24, 2.45) is 12.5 Å². The van der Waals surface area contributed by atoms with Gasteiger partial charge >= 0.3 is 12.1 Å². The maximum absolute atomic E-state index is 13.0. The number of piperidine rings is 1. The number of benzene rings is 1. The third-order valence-electron chi connectivity index (χ3n) is 5.33. The Morgan fingerprint density at radius 3 is 2.61 bits per heavy atom. The average Bonchev–Trinajstić information content (AvgIpc) is 2.97. The lowest BCUT2D eigenvalue weighted by molar-refractivity contribution is -0.155. The van der Waals surface area contributed by atoms with Crippen LogP contribution in [-0.4, -0.2) is 53.3 Å². The van der Waals surface area contributed by atoms with Gasteiger partial charge in [0.15, 0.2) is 0 Å². The number of amides is 1. The summed E-state index contributed by atoms with van der Waals surface area (Å²) in [7, 11) is 3.01. The highest BCUT2D eigenvalue weighted by Gasteiger charge is 2.44. The molecule has 1 unspecified atom stereocenters. The number of hydrogen-bond acceptors (Lipinski definition) is 3. The Morgan fingerprint density at radius 1 is 1.29 bits per heavy atom. The number of carbonyl (C=O) groups excluding carboxylic acids is 1. The number of aryl methyl sites for hydroxylation is 1. The summed E-state index contributed by atoms with van der Waals surface area (Å²) in [6.07, 6.45) is -3.57. The number of halogens is 3. The van der Waals surface area contributed by atoms with Crippen molar-refractivity contribution in [3.63, 3.8) is 0 Å². The highest BCUT2D eigenvalue weighted by atomic mass is 19.4. The third-order valence-corrected chi connectivity index (χ3v) is 5.33. The Bertz CT molecular complexity index is 918. The predicted molar refractivity (Wildman–Crippen MR) is 95.0 cm³/mol. The quantitative estimate of drug-likeness (QED) is 0.859. The van der Waals surface area contributed by atoms with Crippen molar-refractivity contribution in [2.75, 3.05) is 26.8 Å². The van der Waals surface area contributed by atoms with E-state index in [2.05, 4.69) is 0 Å². The SMILES string of the molecule is COCC1(C(=O)O)CCCN(C(=O)c2cc3cc(C(F)(F)F)ccc3n2C)C1. The molecule has 3 rings (SSSR count). The first-order chi connectivity index (χ1) is 13.1. The van der Waals surface area contributed by atoms with Gasteiger partial charge in [0.2, 0.25) is 0 Å². The van der Waals surface area contributed by atoms with E-state index in [1.165, 1.54) is 28.7 Å². The molecule has 0 radical (unpaired) electrons. The second-order valence-electron chi connectivity index (χ2n) is 7.21. The largest absolute Gasteiger partial charge is 0.481 e. The maximum Gasteiger partial charge on any atom is 0.416 e. The molecule has 0 spiro atoms. The van der Waals surface area contributed by atoms with E-state index in [1.807, 2.05) is 0 Å². The lowest BCUT2D eigenvalue weighted by atomic mass is 9.80. The van der Waals surface area contributed by atoms with E-state index < -0.39 is 29.0 Å². The van der Waals surface area contributed by atoms with E-state index in [0.29, 0.717) is 30.3 Å². The Balaban J connectivity index is 1.94. The summed E-state index contributed by atoms with van der Waals surface area (Å²) in [5.74, 6) is -1.44. The molecule has 28 heavy (non-hydrogen) atoms. The molecule has 0 bridgehead atoms. The van der Waals surface area contributed by atoms with Crippen LogP contribution in [0, 0.1) is 5.41 Å². The van der Waals surface area contributed by atoms with Gasteiger partial charge in [-0.25, -0.2) is 0 Å². The van der Waals surface area contributed by atoms with Crippen LogP contribution < -0.4 is 0 Å². The molecule has 1 fully saturated rings. The van der Waals surface area contributed by atoms with E-state index in [0.717, 1.165) is 12.1 Å². The number of fused-ring (bicyclic) bond motifs is 1. The molecule has 2 aromatic rings. The number of nitrogens with zero attached hydrogens (tertiary/aromatic N) is 2. The van der Waals surface area contributed by atoms with Gasteiger partial charge in [-0.1, -0.05) is 0 Å². The summed E-state index contributed by atoms with van der Waals surface area (Å²) in [6, 6.07) is 4.73. The molecule has 1 N–H and O–H groups in total. The smallest absolute Gasteiger partial charge is 0.416 e. The van der Waals surface area contributed by atoms with Gasteiger partial charge < -0.3 is 19.3 Å². The van der Waals surface area contributed by atoms with Gasteiger partial charge in [0.25, 0.3) is 5.91 Å². The van der Waals surface area contributed by atoms with Gasteiger partial charge in [-0.3, -0.25) is 9.59 Å². The number of aromatic nitrogens is 1. The molecule has 1 atom stereocenters. The van der Waals surface area contributed by atoms with E-state index in [4.69, 9.17) is 4.74 Å². The first-order valence-corrected chi connectivity index (χ1v) is 8.77. The highest BCUT2D eigenvalue weighted by Crippen LogP contribution is 2.34. The number of carbonyl (C=O) groups is 2. The molecule has 1 saturated heterocycles. The number of aliphatic carboxylic acids is 1. The van der Waals surface area contributed by atoms with Crippen molar-refractivity contribution in [1.82, 2.24) is 9.47 Å². The van der Waals surface area contributed by atoms with Gasteiger partial charge in [-0.15, -0.1) is 0 Å². The van der Waals surface area contributed by atoms with Crippen LogP contribution in [0.15, 0.2) is 24.3 Å². The van der Waals surface area contributed by atoms with Crippen molar-refractivity contribution < 1.29 is 32.6 Å². The fourth-order valence-electron chi connectivity index (χ4n) is 3.83. The molecule has 1 aromatic heterocycles. The minimum atomic E-state index is -4.47. The van der Waals surface area contributed by atoms with Crippen LogP contribution in [0.5, 0.6) is 0 Å². The number of alkyl halides is 3. The number of carboxylic acids is 1. The van der Waals surface area contributed by atoms with E-state index >= 15 is 0 Å². The molecular formula is C19H21F3N2O4. The van der Waals surface area contributed by atoms with E-state index in [9.17, 15) is 27.9 Å². The molecule has 1 aliphatic rings. The molecule has 1 amide bonds. The van der Waals surface area contributed by atoms with Crippen molar-refractivity contribution in [2.45, 2.75) is 19.0 Å². The summed E-state index contributed by atoms with van der Waals surface area (Å²) >= 11 is 0. The Morgan fingerprint density at radius 2 is 2.00 bits per heavy atom. The van der Waals surface area contributed by atoms with Crippen molar-refractivity contribution in [3.05, 3.63) is 35.5 Å². The zero-order chi connectivity index (χ0) is 20.7. The van der Waals surface area contributed by atoms with E-state index in [1.54, 1.807) is 7.05 Å². The Hall–Kier alpha value is -2.55. The second kappa shape index (κ2) is 7.12. The standard InChI is InChI=1S/C19H21F3N2O4/c1-23-14-5-4-13(19(20,21)22)8-12(14)9-15(23)16(25)24-7-3-6-18(10-24,11-28-2)17(26)27/h4-5,8-9H,3,6-7,10-11H2,1-2H3,(H,26,27). The molecule has 9 heteroatoms. The molecule has 6 nitrogen and oxygen atoms in total. The number of likely N-dealkylation sites (tertiary alicyclic amines) is 1. The van der Waals surface area contributed by atoms with Crippen molar-refractivity contribution in [1.29, 1.82) is 0 Å². The molecule has 1 aromatic carbocycles. The normalized spacial score (nSPS) is 20.5. The number of carboxylic acid groups (broad SMARTS) is 1. The average molecular weight is 398 g/mol. The zero-order valence-corrected chi connectivity index (χ0v) is 15.5. The van der Waals surface area contributed by atoms with Gasteiger partial charge in [0, 0.05) is 38.1 Å². The topological polar surface area (TPSA) is 71.8 Å². The molecule has 152 valence electrons. The fraction of sp³-hybridized carbons (Fsp3) is 0.474. The summed E-state index contributed by atoms with van der Waals surface area (Å²) < 4.78 is 45.5. The van der Waals surface area contributed by atoms with Gasteiger partial charge in [0.05, 0.1) is 12.2 Å². The Labute approximate surface area is 159 Å². The van der Waals surface area contributed by atoms with Crippen molar-refractivity contribution in [3.8, 4) is 0 Å². The lowest BCUT2D eigenvalue weighted by Crippen LogP contribution is -2.52. The van der Waals surface area contributed by atoms with Crippen LogP contribution in [-0.2, 0) is 22.8 Å². The number of rotatable bonds is 4. The summed E-state index contributed by atoms with van der Waals surface area (Å²) in [6.45, 7) is 0.355. The third kappa shape index (κ3) is 3.46. The first kappa shape index (κ1) is 20.2. The summed E-state index contributed by atoms with van der Waals surface area (Å²) in [5, 5.41) is 9.94. The van der Waals surface area contributed by atoms with Crippen LogP contribution in [0.1, 0.15) is 28.9 Å². The number of methoxy groups -OCH3 is 1. The molecule has 0 aliphatic carbocycles. The highest BCUT2D eigenvalue weighted by molar-refractivity contribution is 5.99.